The van der Waals surface area contributed by atoms with Crippen LogP contribution in [0, 0.1) is 5.92 Å². The van der Waals surface area contributed by atoms with Gasteiger partial charge in [-0.15, -0.1) is 0 Å². The molecule has 3 amide bonds. The van der Waals surface area contributed by atoms with E-state index in [1.807, 2.05) is 24.3 Å². The van der Waals surface area contributed by atoms with E-state index in [0.717, 1.165) is 30.5 Å². The second kappa shape index (κ2) is 10.9. The van der Waals surface area contributed by atoms with Crippen LogP contribution in [-0.4, -0.2) is 65.1 Å². The van der Waals surface area contributed by atoms with Crippen molar-refractivity contribution < 1.29 is 24.6 Å². The Kier molecular flexibility index (Phi) is 7.57. The number of rotatable bonds is 7. The van der Waals surface area contributed by atoms with Crippen molar-refractivity contribution in [3.05, 3.63) is 71.3 Å². The maximum absolute atomic E-state index is 13.3. The average molecular weight is 533 g/mol. The number of carbonyl (C=O) groups is 3. The Morgan fingerprint density at radius 3 is 2.72 bits per heavy atom. The van der Waals surface area contributed by atoms with Crippen molar-refractivity contribution in [2.75, 3.05) is 30.4 Å². The number of carbonyl (C=O) groups excluding carboxylic acids is 3. The van der Waals surface area contributed by atoms with E-state index >= 15 is 0 Å². The van der Waals surface area contributed by atoms with Crippen LogP contribution < -0.4 is 15.5 Å². The van der Waals surface area contributed by atoms with Gasteiger partial charge in [0, 0.05) is 37.2 Å². The summed E-state index contributed by atoms with van der Waals surface area (Å²) in [6.45, 7) is 2.87. The summed E-state index contributed by atoms with van der Waals surface area (Å²) < 4.78 is 0. The third-order valence-corrected chi connectivity index (χ3v) is 8.31. The first-order chi connectivity index (χ1) is 18.7. The lowest BCUT2D eigenvalue weighted by Gasteiger charge is -2.36. The molecule has 4 N–H and O–H groups in total. The summed E-state index contributed by atoms with van der Waals surface area (Å²) in [7, 11) is 1.61. The molecule has 9 heteroatoms. The third kappa shape index (κ3) is 4.97. The highest BCUT2D eigenvalue weighted by molar-refractivity contribution is 6.07. The fourth-order valence-electron chi connectivity index (χ4n) is 5.94. The highest BCUT2D eigenvalue weighted by Crippen LogP contribution is 2.45. The molecule has 3 heterocycles. The minimum Gasteiger partial charge on any atom is -0.394 e. The molecule has 9 nitrogen and oxygen atoms in total. The summed E-state index contributed by atoms with van der Waals surface area (Å²) in [5, 5.41) is 27.7. The molecular weight excluding hydrogens is 496 g/mol. The van der Waals surface area contributed by atoms with Gasteiger partial charge >= 0.3 is 0 Å². The van der Waals surface area contributed by atoms with E-state index in [-0.39, 0.29) is 36.9 Å². The molecule has 206 valence electrons. The van der Waals surface area contributed by atoms with Gasteiger partial charge in [0.25, 0.3) is 5.91 Å². The van der Waals surface area contributed by atoms with E-state index in [1.54, 1.807) is 49.2 Å². The molecular formula is C30H36N4O5. The number of nitrogens with one attached hydrogen (secondary N) is 2. The van der Waals surface area contributed by atoms with Crippen LogP contribution in [0.25, 0.3) is 0 Å². The van der Waals surface area contributed by atoms with Crippen molar-refractivity contribution >= 4 is 29.1 Å². The molecule has 0 unspecified atom stereocenters. The van der Waals surface area contributed by atoms with Crippen LogP contribution in [0.3, 0.4) is 0 Å². The normalized spacial score (nSPS) is 25.1. The molecule has 0 radical (unpaired) electrons. The van der Waals surface area contributed by atoms with Crippen LogP contribution >= 0.6 is 0 Å². The van der Waals surface area contributed by atoms with Crippen molar-refractivity contribution in [2.24, 2.45) is 5.92 Å². The first-order valence-corrected chi connectivity index (χ1v) is 13.6. The first kappa shape index (κ1) is 27.1. The maximum atomic E-state index is 13.3. The number of amides is 3. The van der Waals surface area contributed by atoms with E-state index < -0.39 is 17.4 Å². The molecule has 39 heavy (non-hydrogen) atoms. The standard InChI is InChI=1S/C30H36N4O5/c1-19(7-5-11-27(36)34-17-21-9-4-3-8-20(21)15-23(34)18-35)30(39)24-16-22(12-13-26(24)33(2)29(30)38)32-28(37)25-10-6-14-31-25/h3-5,7-9,12-13,16,19,23,25,31,35,39H,6,10-11,14-15,17-18H2,1-2H3,(H,32,37)/b7-5+/t19-,23+,25-,30+/m1/s1. The number of hydrogen-bond donors (Lipinski definition) is 4. The molecule has 5 rings (SSSR count). The molecule has 0 saturated carbocycles. The number of hydrogen-bond acceptors (Lipinski definition) is 6. The molecule has 0 bridgehead atoms. The molecule has 0 spiro atoms. The number of benzene rings is 2. The van der Waals surface area contributed by atoms with Gasteiger partial charge in [-0.25, -0.2) is 0 Å². The van der Waals surface area contributed by atoms with Crippen LogP contribution in [0.4, 0.5) is 11.4 Å². The lowest BCUT2D eigenvalue weighted by atomic mass is 9.82. The SMILES string of the molecule is C[C@H](/C=C/CC(=O)N1Cc2ccccc2C[C@H]1CO)[C@@]1(O)C(=O)N(C)c2ccc(NC(=O)[C@H]3CCCN3)cc21. The highest BCUT2D eigenvalue weighted by atomic mass is 16.3. The quantitative estimate of drug-likeness (QED) is 0.405. The second-order valence-corrected chi connectivity index (χ2v) is 10.8. The van der Waals surface area contributed by atoms with E-state index in [4.69, 9.17) is 0 Å². The van der Waals surface area contributed by atoms with Crippen LogP contribution in [0.2, 0.25) is 0 Å². The van der Waals surface area contributed by atoms with Gasteiger partial charge in [-0.1, -0.05) is 43.3 Å². The lowest BCUT2D eigenvalue weighted by molar-refractivity contribution is -0.139. The fourth-order valence-corrected chi connectivity index (χ4v) is 5.94. The summed E-state index contributed by atoms with van der Waals surface area (Å²) in [5.41, 5.74) is 1.89. The summed E-state index contributed by atoms with van der Waals surface area (Å²) in [4.78, 5) is 42.1. The zero-order valence-electron chi connectivity index (χ0n) is 22.4. The Hall–Kier alpha value is -3.53. The molecule has 2 aromatic rings. The first-order valence-electron chi connectivity index (χ1n) is 13.6. The topological polar surface area (TPSA) is 122 Å². The Balaban J connectivity index is 1.30. The zero-order valence-corrected chi connectivity index (χ0v) is 22.4. The van der Waals surface area contributed by atoms with Gasteiger partial charge in [-0.3, -0.25) is 14.4 Å². The fraction of sp³-hybridized carbons (Fsp3) is 0.433. The molecule has 1 saturated heterocycles. The summed E-state index contributed by atoms with van der Waals surface area (Å²) in [6, 6.07) is 12.5. The third-order valence-electron chi connectivity index (χ3n) is 8.31. The maximum Gasteiger partial charge on any atom is 0.264 e. The van der Waals surface area contributed by atoms with Crippen molar-refractivity contribution in [1.29, 1.82) is 0 Å². The number of fused-ring (bicyclic) bond motifs is 2. The van der Waals surface area contributed by atoms with Crippen LogP contribution in [0.15, 0.2) is 54.6 Å². The second-order valence-electron chi connectivity index (χ2n) is 10.8. The monoisotopic (exact) mass is 532 g/mol. The summed E-state index contributed by atoms with van der Waals surface area (Å²) >= 11 is 0. The zero-order chi connectivity index (χ0) is 27.7. The number of anilines is 2. The van der Waals surface area contributed by atoms with E-state index in [0.29, 0.717) is 29.9 Å². The van der Waals surface area contributed by atoms with E-state index in [2.05, 4.69) is 10.6 Å². The predicted octanol–water partition coefficient (Wildman–Crippen LogP) is 2.07. The molecule has 1 fully saturated rings. The van der Waals surface area contributed by atoms with Gasteiger partial charge in [0.1, 0.15) is 0 Å². The molecule has 4 atom stereocenters. The Morgan fingerprint density at radius 1 is 1.23 bits per heavy atom. The van der Waals surface area contributed by atoms with Crippen LogP contribution in [-0.2, 0) is 33.0 Å². The molecule has 2 aromatic carbocycles. The van der Waals surface area contributed by atoms with Crippen LogP contribution in [0.1, 0.15) is 42.9 Å². The Bertz CT molecular complexity index is 1300. The number of likely N-dealkylation sites (N-methyl/N-ethyl adjacent to an activating group) is 1. The number of aliphatic hydroxyl groups is 2. The van der Waals surface area contributed by atoms with Gasteiger partial charge in [-0.05, 0) is 55.1 Å². The van der Waals surface area contributed by atoms with Crippen molar-refractivity contribution in [3.63, 3.8) is 0 Å². The van der Waals surface area contributed by atoms with E-state index in [1.165, 1.54) is 4.90 Å². The number of nitrogens with zero attached hydrogens (tertiary/aromatic N) is 2. The van der Waals surface area contributed by atoms with Gasteiger partial charge in [0.2, 0.25) is 11.8 Å². The van der Waals surface area contributed by atoms with Crippen LogP contribution in [0.5, 0.6) is 0 Å². The Morgan fingerprint density at radius 2 is 2.00 bits per heavy atom. The van der Waals surface area contributed by atoms with Gasteiger partial charge < -0.3 is 30.6 Å². The van der Waals surface area contributed by atoms with Gasteiger partial charge in [-0.2, -0.15) is 0 Å². The van der Waals surface area contributed by atoms with Crippen molar-refractivity contribution in [1.82, 2.24) is 10.2 Å². The molecule has 0 aliphatic carbocycles. The summed E-state index contributed by atoms with van der Waals surface area (Å²) in [6.07, 6.45) is 5.78. The van der Waals surface area contributed by atoms with Crippen molar-refractivity contribution in [2.45, 2.75) is 56.8 Å². The van der Waals surface area contributed by atoms with Gasteiger partial charge in [0.15, 0.2) is 5.60 Å². The van der Waals surface area contributed by atoms with Crippen molar-refractivity contribution in [3.8, 4) is 0 Å². The minimum atomic E-state index is -1.84. The largest absolute Gasteiger partial charge is 0.394 e. The molecule has 3 aliphatic heterocycles. The van der Waals surface area contributed by atoms with Gasteiger partial charge in [0.05, 0.1) is 24.4 Å². The Labute approximate surface area is 228 Å². The smallest absolute Gasteiger partial charge is 0.264 e. The van der Waals surface area contributed by atoms with E-state index in [9.17, 15) is 24.6 Å². The number of aliphatic hydroxyl groups excluding tert-OH is 1. The molecule has 3 aliphatic rings. The summed E-state index contributed by atoms with van der Waals surface area (Å²) in [5.74, 6) is -1.36. The average Bonchev–Trinajstić information content (AvgIpc) is 3.56. The molecule has 0 aromatic heterocycles. The minimum absolute atomic E-state index is 0.0838. The predicted molar refractivity (Wildman–Crippen MR) is 148 cm³/mol. The lowest BCUT2D eigenvalue weighted by Crippen LogP contribution is -2.46. The highest BCUT2D eigenvalue weighted by Gasteiger charge is 2.51.